The van der Waals surface area contributed by atoms with E-state index in [4.69, 9.17) is 10.5 Å². The number of benzene rings is 1. The molecular weight excluding hydrogens is 196 g/mol. The van der Waals surface area contributed by atoms with E-state index in [9.17, 15) is 9.59 Å². The molecule has 2 N–H and O–H groups in total. The Bertz CT molecular complexity index is 338. The van der Waals surface area contributed by atoms with Gasteiger partial charge in [-0.2, -0.15) is 0 Å². The first-order valence-corrected chi connectivity index (χ1v) is 4.37. The van der Waals surface area contributed by atoms with Crippen molar-refractivity contribution in [2.24, 2.45) is 0 Å². The van der Waals surface area contributed by atoms with Gasteiger partial charge in [0.05, 0.1) is 0 Å². The summed E-state index contributed by atoms with van der Waals surface area (Å²) in [6, 6.07) is 9.18. The Labute approximate surface area is 87.2 Å². The highest BCUT2D eigenvalue weighted by Crippen LogP contribution is 2.00. The molecule has 15 heavy (non-hydrogen) atoms. The molecule has 2 amide bonds. The average molecular weight is 207 g/mol. The Morgan fingerprint density at radius 2 is 1.93 bits per heavy atom. The van der Waals surface area contributed by atoms with E-state index in [1.807, 2.05) is 30.3 Å². The fraction of sp³-hybridized carbons (Fsp3) is 0.200. The molecule has 1 rings (SSSR count). The van der Waals surface area contributed by atoms with Gasteiger partial charge in [0, 0.05) is 0 Å². The van der Waals surface area contributed by atoms with E-state index in [0.29, 0.717) is 0 Å². The molecule has 0 bridgehead atoms. The molecule has 1 aromatic rings. The minimum Gasteiger partial charge on any atom is -0.445 e. The van der Waals surface area contributed by atoms with Crippen molar-refractivity contribution < 1.29 is 14.3 Å². The predicted molar refractivity (Wildman–Crippen MR) is 52.7 cm³/mol. The minimum atomic E-state index is -0.855. The van der Waals surface area contributed by atoms with Gasteiger partial charge in [0.25, 0.3) is 5.91 Å². The SMILES string of the molecule is [NH]C(=O)CNC(=O)OCc1ccccc1. The molecule has 0 aromatic heterocycles. The maximum Gasteiger partial charge on any atom is 0.407 e. The van der Waals surface area contributed by atoms with E-state index in [0.717, 1.165) is 5.56 Å². The molecule has 0 heterocycles. The Morgan fingerprint density at radius 1 is 1.27 bits per heavy atom. The smallest absolute Gasteiger partial charge is 0.407 e. The van der Waals surface area contributed by atoms with Crippen LogP contribution in [0.4, 0.5) is 4.79 Å². The molecule has 0 saturated heterocycles. The second-order valence-corrected chi connectivity index (χ2v) is 2.84. The first-order chi connectivity index (χ1) is 7.18. The van der Waals surface area contributed by atoms with Crippen LogP contribution in [0, 0.1) is 0 Å². The van der Waals surface area contributed by atoms with Gasteiger partial charge in [-0.1, -0.05) is 30.3 Å². The van der Waals surface area contributed by atoms with Gasteiger partial charge in [-0.3, -0.25) is 10.5 Å². The molecule has 1 aromatic carbocycles. The van der Waals surface area contributed by atoms with Crippen LogP contribution < -0.4 is 11.1 Å². The lowest BCUT2D eigenvalue weighted by molar-refractivity contribution is -0.117. The van der Waals surface area contributed by atoms with Crippen molar-refractivity contribution in [3.8, 4) is 0 Å². The standard InChI is InChI=1S/C10H11N2O3/c11-9(13)6-12-10(14)15-7-8-4-2-1-3-5-8/h1-5,11H,6-7H2,(H,12,14). The number of ether oxygens (including phenoxy) is 1. The lowest BCUT2D eigenvalue weighted by Crippen LogP contribution is -2.30. The Hall–Kier alpha value is -2.04. The molecule has 0 aliphatic rings. The summed E-state index contributed by atoms with van der Waals surface area (Å²) < 4.78 is 4.79. The van der Waals surface area contributed by atoms with Crippen molar-refractivity contribution in [2.45, 2.75) is 6.61 Å². The summed E-state index contributed by atoms with van der Waals surface area (Å²) in [5.74, 6) is -0.855. The quantitative estimate of drug-likeness (QED) is 0.790. The molecular formula is C10H11N2O3. The van der Waals surface area contributed by atoms with E-state index in [2.05, 4.69) is 5.32 Å². The van der Waals surface area contributed by atoms with Crippen molar-refractivity contribution >= 4 is 12.0 Å². The van der Waals surface area contributed by atoms with Gasteiger partial charge in [-0.15, -0.1) is 0 Å². The maximum atomic E-state index is 11.0. The molecule has 5 heteroatoms. The molecule has 0 unspecified atom stereocenters. The van der Waals surface area contributed by atoms with Crippen LogP contribution in [0.5, 0.6) is 0 Å². The fourth-order valence-electron chi connectivity index (χ4n) is 0.927. The van der Waals surface area contributed by atoms with Gasteiger partial charge in [0.15, 0.2) is 0 Å². The van der Waals surface area contributed by atoms with Gasteiger partial charge in [-0.25, -0.2) is 4.79 Å². The Kier molecular flexibility index (Phi) is 4.15. The predicted octanol–water partition coefficient (Wildman–Crippen LogP) is 0.722. The third-order valence-corrected chi connectivity index (χ3v) is 1.61. The highest BCUT2D eigenvalue weighted by Gasteiger charge is 2.03. The summed E-state index contributed by atoms with van der Waals surface area (Å²) >= 11 is 0. The van der Waals surface area contributed by atoms with Crippen LogP contribution in [0.25, 0.3) is 0 Å². The normalized spacial score (nSPS) is 9.33. The van der Waals surface area contributed by atoms with E-state index in [-0.39, 0.29) is 13.2 Å². The van der Waals surface area contributed by atoms with Gasteiger partial charge < -0.3 is 10.1 Å². The zero-order valence-electron chi connectivity index (χ0n) is 8.03. The van der Waals surface area contributed by atoms with Gasteiger partial charge in [0.2, 0.25) is 0 Å². The van der Waals surface area contributed by atoms with Crippen LogP contribution in [0.1, 0.15) is 5.56 Å². The van der Waals surface area contributed by atoms with E-state index in [1.165, 1.54) is 0 Å². The van der Waals surface area contributed by atoms with Crippen LogP contribution in [0.2, 0.25) is 0 Å². The highest BCUT2D eigenvalue weighted by atomic mass is 16.5. The third-order valence-electron chi connectivity index (χ3n) is 1.61. The summed E-state index contributed by atoms with van der Waals surface area (Å²) in [6.07, 6.45) is -0.695. The molecule has 0 aliphatic carbocycles. The summed E-state index contributed by atoms with van der Waals surface area (Å²) in [5.41, 5.74) is 7.42. The first-order valence-electron chi connectivity index (χ1n) is 4.37. The largest absolute Gasteiger partial charge is 0.445 e. The molecule has 0 spiro atoms. The van der Waals surface area contributed by atoms with Crippen molar-refractivity contribution in [1.82, 2.24) is 11.1 Å². The molecule has 0 aliphatic heterocycles. The van der Waals surface area contributed by atoms with Crippen LogP contribution in [-0.4, -0.2) is 18.5 Å². The Morgan fingerprint density at radius 3 is 2.53 bits per heavy atom. The average Bonchev–Trinajstić information content (AvgIpc) is 2.25. The molecule has 0 saturated carbocycles. The molecule has 0 atom stereocenters. The number of carbonyl (C=O) groups excluding carboxylic acids is 2. The minimum absolute atomic E-state index is 0.152. The number of alkyl carbamates (subject to hydrolysis) is 1. The summed E-state index contributed by atoms with van der Waals surface area (Å²) in [5, 5.41) is 2.15. The molecule has 0 fully saturated rings. The highest BCUT2D eigenvalue weighted by molar-refractivity contribution is 5.80. The number of nitrogens with one attached hydrogen (secondary N) is 2. The van der Waals surface area contributed by atoms with Crippen molar-refractivity contribution in [3.63, 3.8) is 0 Å². The summed E-state index contributed by atoms with van der Waals surface area (Å²) in [7, 11) is 0. The summed E-state index contributed by atoms with van der Waals surface area (Å²) in [6.45, 7) is -0.174. The van der Waals surface area contributed by atoms with Gasteiger partial charge in [-0.05, 0) is 5.56 Å². The van der Waals surface area contributed by atoms with Crippen molar-refractivity contribution in [1.29, 1.82) is 0 Å². The third kappa shape index (κ3) is 4.66. The van der Waals surface area contributed by atoms with Crippen LogP contribution >= 0.6 is 0 Å². The van der Waals surface area contributed by atoms with E-state index < -0.39 is 12.0 Å². The number of hydrogen-bond donors (Lipinski definition) is 1. The second-order valence-electron chi connectivity index (χ2n) is 2.84. The molecule has 5 nitrogen and oxygen atoms in total. The molecule has 1 radical (unpaired) electrons. The zero-order valence-corrected chi connectivity index (χ0v) is 8.03. The van der Waals surface area contributed by atoms with Crippen molar-refractivity contribution in [3.05, 3.63) is 35.9 Å². The van der Waals surface area contributed by atoms with E-state index >= 15 is 0 Å². The van der Waals surface area contributed by atoms with Crippen LogP contribution in [0.3, 0.4) is 0 Å². The fourth-order valence-corrected chi connectivity index (χ4v) is 0.927. The van der Waals surface area contributed by atoms with Gasteiger partial charge in [0.1, 0.15) is 13.2 Å². The second kappa shape index (κ2) is 5.64. The number of carbonyl (C=O) groups is 2. The monoisotopic (exact) mass is 207 g/mol. The zero-order chi connectivity index (χ0) is 11.1. The lowest BCUT2D eigenvalue weighted by atomic mass is 10.2. The number of hydrogen-bond acceptors (Lipinski definition) is 3. The number of amides is 2. The lowest BCUT2D eigenvalue weighted by Gasteiger charge is -2.04. The Balaban J connectivity index is 2.26. The molecule has 79 valence electrons. The van der Waals surface area contributed by atoms with E-state index in [1.54, 1.807) is 0 Å². The van der Waals surface area contributed by atoms with Crippen LogP contribution in [-0.2, 0) is 16.1 Å². The van der Waals surface area contributed by atoms with Crippen LogP contribution in [0.15, 0.2) is 30.3 Å². The maximum absolute atomic E-state index is 11.0. The summed E-state index contributed by atoms with van der Waals surface area (Å²) in [4.78, 5) is 21.2. The first kappa shape index (κ1) is 11.0. The van der Waals surface area contributed by atoms with Gasteiger partial charge >= 0.3 is 6.09 Å². The number of rotatable bonds is 4. The topological polar surface area (TPSA) is 79.2 Å². The van der Waals surface area contributed by atoms with Crippen molar-refractivity contribution in [2.75, 3.05) is 6.54 Å².